The molecule has 0 bridgehead atoms. The van der Waals surface area contributed by atoms with Gasteiger partial charge in [0.15, 0.2) is 0 Å². The largest absolute Gasteiger partial charge is 0.496 e. The number of ether oxygens (including phenoxy) is 1. The van der Waals surface area contributed by atoms with Crippen molar-refractivity contribution in [2.45, 2.75) is 19.8 Å². The SMILES string of the molecule is C=C(CC(=O)O)c1cc(CC)ccc1OC. The first kappa shape index (κ1) is 12.3. The number of carboxylic acids is 1. The van der Waals surface area contributed by atoms with E-state index in [1.165, 1.54) is 0 Å². The van der Waals surface area contributed by atoms with Crippen LogP contribution in [0.4, 0.5) is 0 Å². The zero-order chi connectivity index (χ0) is 12.1. The maximum atomic E-state index is 10.6. The second-order valence-corrected chi connectivity index (χ2v) is 3.56. The molecule has 0 aliphatic heterocycles. The Bertz CT molecular complexity index is 408. The van der Waals surface area contributed by atoms with Crippen LogP contribution in [0.1, 0.15) is 24.5 Å². The Kier molecular flexibility index (Phi) is 4.11. The fourth-order valence-corrected chi connectivity index (χ4v) is 1.53. The number of benzene rings is 1. The van der Waals surface area contributed by atoms with Crippen LogP contribution >= 0.6 is 0 Å². The number of methoxy groups -OCH3 is 1. The Morgan fingerprint density at radius 2 is 2.19 bits per heavy atom. The predicted octanol–water partition coefficient (Wildman–Crippen LogP) is 2.75. The molecule has 86 valence electrons. The van der Waals surface area contributed by atoms with Crippen molar-refractivity contribution >= 4 is 11.5 Å². The second kappa shape index (κ2) is 5.35. The van der Waals surface area contributed by atoms with Crippen LogP contribution in [0.2, 0.25) is 0 Å². The highest BCUT2D eigenvalue weighted by molar-refractivity contribution is 5.84. The lowest BCUT2D eigenvalue weighted by Crippen LogP contribution is -1.99. The molecule has 0 aromatic heterocycles. The first-order valence-corrected chi connectivity index (χ1v) is 5.15. The molecule has 3 heteroatoms. The van der Waals surface area contributed by atoms with Crippen LogP contribution in [0.3, 0.4) is 0 Å². The van der Waals surface area contributed by atoms with Gasteiger partial charge in [0.25, 0.3) is 0 Å². The molecule has 0 spiro atoms. The zero-order valence-corrected chi connectivity index (χ0v) is 9.62. The van der Waals surface area contributed by atoms with Crippen molar-refractivity contribution in [3.8, 4) is 5.75 Å². The lowest BCUT2D eigenvalue weighted by molar-refractivity contribution is -0.135. The van der Waals surface area contributed by atoms with E-state index in [1.54, 1.807) is 7.11 Å². The first-order valence-electron chi connectivity index (χ1n) is 5.15. The summed E-state index contributed by atoms with van der Waals surface area (Å²) in [6.45, 7) is 5.84. The van der Waals surface area contributed by atoms with Gasteiger partial charge in [0.05, 0.1) is 13.5 Å². The highest BCUT2D eigenvalue weighted by Crippen LogP contribution is 2.28. The van der Waals surface area contributed by atoms with Gasteiger partial charge in [0.2, 0.25) is 0 Å². The van der Waals surface area contributed by atoms with Gasteiger partial charge in [0, 0.05) is 5.56 Å². The van der Waals surface area contributed by atoms with Crippen molar-refractivity contribution in [2.75, 3.05) is 7.11 Å². The van der Waals surface area contributed by atoms with Crippen molar-refractivity contribution in [1.82, 2.24) is 0 Å². The number of carbonyl (C=O) groups is 1. The monoisotopic (exact) mass is 220 g/mol. The molecule has 16 heavy (non-hydrogen) atoms. The Morgan fingerprint density at radius 3 is 2.69 bits per heavy atom. The van der Waals surface area contributed by atoms with Gasteiger partial charge in [-0.2, -0.15) is 0 Å². The molecule has 0 unspecified atom stereocenters. The van der Waals surface area contributed by atoms with Crippen LogP contribution in [0.5, 0.6) is 5.75 Å². The number of aryl methyl sites for hydroxylation is 1. The van der Waals surface area contributed by atoms with E-state index in [0.717, 1.165) is 17.5 Å². The first-order chi connectivity index (χ1) is 7.58. The molecule has 1 rings (SSSR count). The van der Waals surface area contributed by atoms with E-state index in [-0.39, 0.29) is 6.42 Å². The van der Waals surface area contributed by atoms with E-state index < -0.39 is 5.97 Å². The normalized spacial score (nSPS) is 9.88. The van der Waals surface area contributed by atoms with Gasteiger partial charge in [-0.15, -0.1) is 0 Å². The third-order valence-electron chi connectivity index (χ3n) is 2.42. The van der Waals surface area contributed by atoms with Crippen LogP contribution in [-0.2, 0) is 11.2 Å². The van der Waals surface area contributed by atoms with Crippen LogP contribution in [0.15, 0.2) is 24.8 Å². The van der Waals surface area contributed by atoms with E-state index in [9.17, 15) is 4.79 Å². The molecule has 0 aliphatic carbocycles. The maximum absolute atomic E-state index is 10.6. The lowest BCUT2D eigenvalue weighted by atomic mass is 10.00. The van der Waals surface area contributed by atoms with Crippen LogP contribution in [0, 0.1) is 0 Å². The van der Waals surface area contributed by atoms with Crippen molar-refractivity contribution in [3.05, 3.63) is 35.9 Å². The van der Waals surface area contributed by atoms with Crippen molar-refractivity contribution < 1.29 is 14.6 Å². The fraction of sp³-hybridized carbons (Fsp3) is 0.308. The Balaban J connectivity index is 3.08. The van der Waals surface area contributed by atoms with Gasteiger partial charge in [0.1, 0.15) is 5.75 Å². The highest BCUT2D eigenvalue weighted by atomic mass is 16.5. The fourth-order valence-electron chi connectivity index (χ4n) is 1.53. The number of aliphatic carboxylic acids is 1. The maximum Gasteiger partial charge on any atom is 0.307 e. The Labute approximate surface area is 95.4 Å². The molecule has 1 aromatic carbocycles. The van der Waals surface area contributed by atoms with E-state index in [4.69, 9.17) is 9.84 Å². The van der Waals surface area contributed by atoms with Gasteiger partial charge >= 0.3 is 5.97 Å². The molecular formula is C13H16O3. The van der Waals surface area contributed by atoms with Gasteiger partial charge < -0.3 is 9.84 Å². The number of hydrogen-bond acceptors (Lipinski definition) is 2. The summed E-state index contributed by atoms with van der Waals surface area (Å²) >= 11 is 0. The minimum Gasteiger partial charge on any atom is -0.496 e. The third-order valence-corrected chi connectivity index (χ3v) is 2.42. The summed E-state index contributed by atoms with van der Waals surface area (Å²) in [4.78, 5) is 10.6. The van der Waals surface area contributed by atoms with E-state index in [2.05, 4.69) is 6.58 Å². The highest BCUT2D eigenvalue weighted by Gasteiger charge is 2.10. The molecule has 0 amide bonds. The van der Waals surface area contributed by atoms with Crippen molar-refractivity contribution in [1.29, 1.82) is 0 Å². The number of hydrogen-bond donors (Lipinski definition) is 1. The molecule has 1 N–H and O–H groups in total. The van der Waals surface area contributed by atoms with Gasteiger partial charge in [-0.1, -0.05) is 19.6 Å². The molecule has 0 fully saturated rings. The molecule has 0 aliphatic rings. The van der Waals surface area contributed by atoms with Crippen LogP contribution in [-0.4, -0.2) is 18.2 Å². The molecule has 0 radical (unpaired) electrons. The van der Waals surface area contributed by atoms with Crippen molar-refractivity contribution in [3.63, 3.8) is 0 Å². The molecule has 0 saturated carbocycles. The second-order valence-electron chi connectivity index (χ2n) is 3.56. The molecule has 1 aromatic rings. The smallest absolute Gasteiger partial charge is 0.307 e. The third kappa shape index (κ3) is 2.86. The standard InChI is InChI=1S/C13H16O3/c1-4-10-5-6-12(16-3)11(8-10)9(2)7-13(14)15/h5-6,8H,2,4,7H2,1,3H3,(H,14,15). The van der Waals surface area contributed by atoms with Gasteiger partial charge in [-0.25, -0.2) is 0 Å². The Hall–Kier alpha value is -1.77. The van der Waals surface area contributed by atoms with E-state index in [1.807, 2.05) is 25.1 Å². The molecule has 3 nitrogen and oxygen atoms in total. The van der Waals surface area contributed by atoms with E-state index in [0.29, 0.717) is 11.3 Å². The van der Waals surface area contributed by atoms with Gasteiger partial charge in [-0.05, 0) is 29.7 Å². The zero-order valence-electron chi connectivity index (χ0n) is 9.62. The van der Waals surface area contributed by atoms with Crippen molar-refractivity contribution in [2.24, 2.45) is 0 Å². The van der Waals surface area contributed by atoms with Crippen LogP contribution < -0.4 is 4.74 Å². The predicted molar refractivity (Wildman–Crippen MR) is 63.7 cm³/mol. The summed E-state index contributed by atoms with van der Waals surface area (Å²) in [6.07, 6.45) is 0.834. The summed E-state index contributed by atoms with van der Waals surface area (Å²) in [7, 11) is 1.57. The van der Waals surface area contributed by atoms with Crippen LogP contribution in [0.25, 0.3) is 5.57 Å². The van der Waals surface area contributed by atoms with Gasteiger partial charge in [-0.3, -0.25) is 4.79 Å². The molecule has 0 heterocycles. The quantitative estimate of drug-likeness (QED) is 0.829. The minimum absolute atomic E-state index is 0.0659. The summed E-state index contributed by atoms with van der Waals surface area (Å²) in [5.41, 5.74) is 2.49. The summed E-state index contributed by atoms with van der Waals surface area (Å²) in [5, 5.41) is 8.73. The summed E-state index contributed by atoms with van der Waals surface area (Å²) in [6, 6.07) is 5.75. The Morgan fingerprint density at radius 1 is 1.50 bits per heavy atom. The molecule has 0 atom stereocenters. The number of rotatable bonds is 5. The van der Waals surface area contributed by atoms with E-state index >= 15 is 0 Å². The molecule has 0 saturated heterocycles. The number of carboxylic acid groups (broad SMARTS) is 1. The summed E-state index contributed by atoms with van der Waals surface area (Å²) < 4.78 is 5.19. The average molecular weight is 220 g/mol. The average Bonchev–Trinajstić information content (AvgIpc) is 2.27. The topological polar surface area (TPSA) is 46.5 Å². The molecular weight excluding hydrogens is 204 g/mol. The minimum atomic E-state index is -0.881. The lowest BCUT2D eigenvalue weighted by Gasteiger charge is -2.11. The summed E-state index contributed by atoms with van der Waals surface area (Å²) in [5.74, 6) is -0.211.